The van der Waals surface area contributed by atoms with E-state index in [0.717, 1.165) is 0 Å². The summed E-state index contributed by atoms with van der Waals surface area (Å²) in [6, 6.07) is 14.1. The van der Waals surface area contributed by atoms with Crippen LogP contribution < -0.4 is 5.32 Å². The summed E-state index contributed by atoms with van der Waals surface area (Å²) in [4.78, 5) is 12.2. The zero-order valence-corrected chi connectivity index (χ0v) is 13.7. The maximum atomic E-state index is 12.2. The zero-order chi connectivity index (χ0) is 15.4. The van der Waals surface area contributed by atoms with Gasteiger partial charge in [0.1, 0.15) is 0 Å². The minimum absolute atomic E-state index is 0.226. The van der Waals surface area contributed by atoms with Crippen LogP contribution in [0.3, 0.4) is 0 Å². The van der Waals surface area contributed by atoms with Crippen LogP contribution in [0.5, 0.6) is 0 Å². The molecule has 0 aliphatic rings. The Bertz CT molecular complexity index is 714. The van der Waals surface area contributed by atoms with Gasteiger partial charge >= 0.3 is 0 Å². The van der Waals surface area contributed by atoms with Crippen molar-refractivity contribution in [3.05, 3.63) is 62.5 Å². The van der Waals surface area contributed by atoms with E-state index < -0.39 is 11.8 Å². The molecule has 0 radical (unpaired) electrons. The molecule has 0 spiro atoms. The number of nitrogens with one attached hydrogen (secondary N) is 1. The molecular formula is C15H9BrCl2N2O. The number of halogens is 3. The second-order valence-corrected chi connectivity index (χ2v) is 5.80. The van der Waals surface area contributed by atoms with Crippen molar-refractivity contribution in [3.63, 3.8) is 0 Å². The van der Waals surface area contributed by atoms with Crippen LogP contribution in [0.15, 0.2) is 46.9 Å². The van der Waals surface area contributed by atoms with Crippen LogP contribution in [-0.4, -0.2) is 5.91 Å². The molecule has 2 rings (SSSR count). The quantitative estimate of drug-likeness (QED) is 0.758. The molecule has 2 aromatic rings. The molecule has 21 heavy (non-hydrogen) atoms. The summed E-state index contributed by atoms with van der Waals surface area (Å²) in [5.41, 5.74) is 0.989. The number of carbonyl (C=O) groups is 1. The lowest BCUT2D eigenvalue weighted by atomic mass is 10.00. The lowest BCUT2D eigenvalue weighted by Crippen LogP contribution is -2.20. The summed E-state index contributed by atoms with van der Waals surface area (Å²) in [5.74, 6) is -1.37. The minimum atomic E-state index is -0.912. The molecule has 1 unspecified atom stereocenters. The molecule has 0 fully saturated rings. The highest BCUT2D eigenvalue weighted by molar-refractivity contribution is 9.10. The SMILES string of the molecule is N#CC(C(=O)Nc1ccc(Br)c(Cl)c1Cl)c1ccccc1. The van der Waals surface area contributed by atoms with Gasteiger partial charge in [0.05, 0.1) is 21.8 Å². The third kappa shape index (κ3) is 3.56. The summed E-state index contributed by atoms with van der Waals surface area (Å²) in [5, 5.41) is 12.4. The van der Waals surface area contributed by atoms with Crippen molar-refractivity contribution < 1.29 is 4.79 Å². The highest BCUT2D eigenvalue weighted by Gasteiger charge is 2.21. The number of anilines is 1. The summed E-state index contributed by atoms with van der Waals surface area (Å²) in [7, 11) is 0. The highest BCUT2D eigenvalue weighted by Crippen LogP contribution is 2.36. The van der Waals surface area contributed by atoms with Gasteiger partial charge in [0, 0.05) is 4.47 Å². The zero-order valence-electron chi connectivity index (χ0n) is 10.6. The van der Waals surface area contributed by atoms with Gasteiger partial charge in [-0.25, -0.2) is 0 Å². The van der Waals surface area contributed by atoms with Crippen LogP contribution >= 0.6 is 39.1 Å². The molecule has 2 aromatic carbocycles. The van der Waals surface area contributed by atoms with Crippen LogP contribution in [0.25, 0.3) is 0 Å². The Hall–Kier alpha value is -1.54. The number of rotatable bonds is 3. The molecule has 1 atom stereocenters. The van der Waals surface area contributed by atoms with Crippen molar-refractivity contribution in [2.24, 2.45) is 0 Å². The van der Waals surface area contributed by atoms with E-state index in [1.807, 2.05) is 12.1 Å². The summed E-state index contributed by atoms with van der Waals surface area (Å²) in [6.45, 7) is 0. The molecule has 3 nitrogen and oxygen atoms in total. The maximum absolute atomic E-state index is 12.2. The average molecular weight is 384 g/mol. The predicted molar refractivity (Wildman–Crippen MR) is 87.6 cm³/mol. The molecular weight excluding hydrogens is 375 g/mol. The van der Waals surface area contributed by atoms with E-state index in [1.54, 1.807) is 36.4 Å². The molecule has 106 valence electrons. The molecule has 6 heteroatoms. The van der Waals surface area contributed by atoms with Gasteiger partial charge in [-0.05, 0) is 33.6 Å². The van der Waals surface area contributed by atoms with Crippen LogP contribution in [-0.2, 0) is 4.79 Å². The van der Waals surface area contributed by atoms with E-state index in [9.17, 15) is 10.1 Å². The van der Waals surface area contributed by atoms with Gasteiger partial charge in [-0.3, -0.25) is 4.79 Å². The molecule has 1 amide bonds. The molecule has 0 bridgehead atoms. The molecule has 0 aliphatic carbocycles. The van der Waals surface area contributed by atoms with Crippen molar-refractivity contribution in [2.75, 3.05) is 5.32 Å². The van der Waals surface area contributed by atoms with Gasteiger partial charge in [0.25, 0.3) is 0 Å². The summed E-state index contributed by atoms with van der Waals surface area (Å²) < 4.78 is 0.632. The first-order valence-electron chi connectivity index (χ1n) is 5.93. The van der Waals surface area contributed by atoms with Gasteiger partial charge in [0.2, 0.25) is 5.91 Å². The molecule has 0 saturated heterocycles. The lowest BCUT2D eigenvalue weighted by molar-refractivity contribution is -0.116. The lowest BCUT2D eigenvalue weighted by Gasteiger charge is -2.12. The van der Waals surface area contributed by atoms with Gasteiger partial charge in [-0.1, -0.05) is 53.5 Å². The largest absolute Gasteiger partial charge is 0.323 e. The third-order valence-corrected chi connectivity index (χ3v) is 4.59. The highest BCUT2D eigenvalue weighted by atomic mass is 79.9. The first-order valence-corrected chi connectivity index (χ1v) is 7.48. The molecule has 0 aliphatic heterocycles. The first kappa shape index (κ1) is 15.8. The number of nitrogens with zero attached hydrogens (tertiary/aromatic N) is 1. The normalized spacial score (nSPS) is 11.5. The fraction of sp³-hybridized carbons (Fsp3) is 0.0667. The van der Waals surface area contributed by atoms with Gasteiger partial charge in [0.15, 0.2) is 5.92 Å². The summed E-state index contributed by atoms with van der Waals surface area (Å²) in [6.07, 6.45) is 0. The van der Waals surface area contributed by atoms with E-state index in [4.69, 9.17) is 23.2 Å². The number of hydrogen-bond donors (Lipinski definition) is 1. The van der Waals surface area contributed by atoms with Crippen molar-refractivity contribution >= 4 is 50.7 Å². The van der Waals surface area contributed by atoms with Crippen molar-refractivity contribution in [1.82, 2.24) is 0 Å². The fourth-order valence-corrected chi connectivity index (χ4v) is 2.58. The third-order valence-electron chi connectivity index (χ3n) is 2.82. The number of benzene rings is 2. The Balaban J connectivity index is 2.26. The monoisotopic (exact) mass is 382 g/mol. The molecule has 0 saturated carbocycles. The number of hydrogen-bond acceptors (Lipinski definition) is 2. The second kappa shape index (κ2) is 6.95. The Morgan fingerprint density at radius 3 is 2.43 bits per heavy atom. The molecule has 1 N–H and O–H groups in total. The van der Waals surface area contributed by atoms with Crippen LogP contribution in [0.1, 0.15) is 11.5 Å². The Kier molecular flexibility index (Phi) is 5.24. The Labute approximate surface area is 140 Å². The standard InChI is InChI=1S/C15H9BrCl2N2O/c16-11-6-7-12(14(18)13(11)17)20-15(21)10(8-19)9-4-2-1-3-5-9/h1-7,10H,(H,20,21). The van der Waals surface area contributed by atoms with Crippen LogP contribution in [0.2, 0.25) is 10.0 Å². The fourth-order valence-electron chi connectivity index (χ4n) is 1.76. The van der Waals surface area contributed by atoms with E-state index in [-0.39, 0.29) is 5.02 Å². The number of carbonyl (C=O) groups excluding carboxylic acids is 1. The van der Waals surface area contributed by atoms with Crippen molar-refractivity contribution in [1.29, 1.82) is 5.26 Å². The van der Waals surface area contributed by atoms with E-state index >= 15 is 0 Å². The van der Waals surface area contributed by atoms with E-state index in [0.29, 0.717) is 20.7 Å². The van der Waals surface area contributed by atoms with Crippen LogP contribution in [0, 0.1) is 11.3 Å². The predicted octanol–water partition coefficient (Wildman–Crippen LogP) is 5.00. The number of amides is 1. The number of nitriles is 1. The minimum Gasteiger partial charge on any atom is -0.323 e. The smallest absolute Gasteiger partial charge is 0.246 e. The van der Waals surface area contributed by atoms with Gasteiger partial charge < -0.3 is 5.32 Å². The van der Waals surface area contributed by atoms with Gasteiger partial charge in [-0.15, -0.1) is 0 Å². The summed E-state index contributed by atoms with van der Waals surface area (Å²) >= 11 is 15.3. The second-order valence-electron chi connectivity index (χ2n) is 4.18. The average Bonchev–Trinajstić information content (AvgIpc) is 2.50. The van der Waals surface area contributed by atoms with Gasteiger partial charge in [-0.2, -0.15) is 5.26 Å². The van der Waals surface area contributed by atoms with E-state index in [2.05, 4.69) is 21.2 Å². The van der Waals surface area contributed by atoms with E-state index in [1.165, 1.54) is 0 Å². The topological polar surface area (TPSA) is 52.9 Å². The Morgan fingerprint density at radius 1 is 1.14 bits per heavy atom. The molecule has 0 heterocycles. The first-order chi connectivity index (χ1) is 10.0. The van der Waals surface area contributed by atoms with Crippen LogP contribution in [0.4, 0.5) is 5.69 Å². The van der Waals surface area contributed by atoms with Crippen molar-refractivity contribution in [2.45, 2.75) is 5.92 Å². The molecule has 0 aromatic heterocycles. The Morgan fingerprint density at radius 2 is 1.81 bits per heavy atom. The maximum Gasteiger partial charge on any atom is 0.246 e. The van der Waals surface area contributed by atoms with Crippen molar-refractivity contribution in [3.8, 4) is 6.07 Å².